The van der Waals surface area contributed by atoms with Crippen LogP contribution in [0.25, 0.3) is 11.3 Å². The van der Waals surface area contributed by atoms with Crippen LogP contribution < -0.4 is 5.32 Å². The summed E-state index contributed by atoms with van der Waals surface area (Å²) in [5, 5.41) is 4.35. The molecule has 1 aromatic heterocycles. The van der Waals surface area contributed by atoms with Crippen molar-refractivity contribution < 1.29 is 22.7 Å². The van der Waals surface area contributed by atoms with Gasteiger partial charge in [0, 0.05) is 17.6 Å². The van der Waals surface area contributed by atoms with E-state index in [1.807, 2.05) is 0 Å². The SMILES string of the molecule is O=C(Nc1csnc1-c1cccc(C(F)(F)F)c1)[C@H]1CCOC1. The summed E-state index contributed by atoms with van der Waals surface area (Å²) in [7, 11) is 0. The van der Waals surface area contributed by atoms with E-state index in [9.17, 15) is 18.0 Å². The Bertz CT molecular complexity index is 709. The Balaban J connectivity index is 1.84. The highest BCUT2D eigenvalue weighted by molar-refractivity contribution is 7.04. The van der Waals surface area contributed by atoms with Crippen molar-refractivity contribution in [3.05, 3.63) is 35.2 Å². The highest BCUT2D eigenvalue weighted by Gasteiger charge is 2.31. The molecule has 2 aromatic rings. The predicted molar refractivity (Wildman–Crippen MR) is 80.1 cm³/mol. The van der Waals surface area contributed by atoms with Crippen LogP contribution in [0.2, 0.25) is 0 Å². The molecule has 8 heteroatoms. The van der Waals surface area contributed by atoms with Crippen molar-refractivity contribution in [2.45, 2.75) is 12.6 Å². The van der Waals surface area contributed by atoms with Crippen LogP contribution in [0.4, 0.5) is 18.9 Å². The Morgan fingerprint density at radius 1 is 1.39 bits per heavy atom. The maximum Gasteiger partial charge on any atom is 0.416 e. The number of nitrogens with one attached hydrogen (secondary N) is 1. The van der Waals surface area contributed by atoms with Gasteiger partial charge in [0.05, 0.1) is 23.8 Å². The molecule has 0 bridgehead atoms. The summed E-state index contributed by atoms with van der Waals surface area (Å²) in [5.41, 5.74) is 0.336. The van der Waals surface area contributed by atoms with Gasteiger partial charge in [0.25, 0.3) is 0 Å². The summed E-state index contributed by atoms with van der Waals surface area (Å²) in [6, 6.07) is 4.90. The van der Waals surface area contributed by atoms with Crippen molar-refractivity contribution in [1.82, 2.24) is 4.37 Å². The summed E-state index contributed by atoms with van der Waals surface area (Å²) in [6.45, 7) is 0.906. The smallest absolute Gasteiger partial charge is 0.381 e. The fourth-order valence-electron chi connectivity index (χ4n) is 2.35. The van der Waals surface area contributed by atoms with Gasteiger partial charge in [0.15, 0.2) is 0 Å². The van der Waals surface area contributed by atoms with Gasteiger partial charge >= 0.3 is 6.18 Å². The molecular weight excluding hydrogens is 329 g/mol. The third kappa shape index (κ3) is 3.53. The van der Waals surface area contributed by atoms with Gasteiger partial charge in [0.2, 0.25) is 5.91 Å². The standard InChI is InChI=1S/C15H13F3N2O2S/c16-15(17,18)11-3-1-2-9(6-11)13-12(8-23-20-13)19-14(21)10-4-5-22-7-10/h1-3,6,8,10H,4-5,7H2,(H,19,21)/t10-/m0/s1. The van der Waals surface area contributed by atoms with Gasteiger partial charge in [-0.3, -0.25) is 4.79 Å². The highest BCUT2D eigenvalue weighted by Crippen LogP contribution is 2.34. The first-order valence-corrected chi connectivity index (χ1v) is 7.79. The number of ether oxygens (including phenoxy) is 1. The molecule has 122 valence electrons. The second kappa shape index (κ2) is 6.29. The summed E-state index contributed by atoms with van der Waals surface area (Å²) in [5.74, 6) is -0.430. The zero-order chi connectivity index (χ0) is 16.4. The van der Waals surface area contributed by atoms with E-state index in [1.165, 1.54) is 6.07 Å². The Labute approximate surface area is 134 Å². The number of benzene rings is 1. The number of carbonyl (C=O) groups is 1. The fraction of sp³-hybridized carbons (Fsp3) is 0.333. The quantitative estimate of drug-likeness (QED) is 0.923. The van der Waals surface area contributed by atoms with E-state index in [0.29, 0.717) is 36.6 Å². The summed E-state index contributed by atoms with van der Waals surface area (Å²) < 4.78 is 47.8. The van der Waals surface area contributed by atoms with Crippen LogP contribution in [0, 0.1) is 5.92 Å². The van der Waals surface area contributed by atoms with E-state index in [0.717, 1.165) is 23.7 Å². The Morgan fingerprint density at radius 3 is 2.91 bits per heavy atom. The molecule has 1 fully saturated rings. The molecule has 0 radical (unpaired) electrons. The van der Waals surface area contributed by atoms with Crippen molar-refractivity contribution in [1.29, 1.82) is 0 Å². The van der Waals surface area contributed by atoms with Crippen molar-refractivity contribution in [3.8, 4) is 11.3 Å². The minimum Gasteiger partial charge on any atom is -0.381 e. The molecule has 1 amide bonds. The van der Waals surface area contributed by atoms with Crippen LogP contribution in [0.3, 0.4) is 0 Å². The lowest BCUT2D eigenvalue weighted by Gasteiger charge is -2.11. The van der Waals surface area contributed by atoms with Gasteiger partial charge in [0.1, 0.15) is 5.69 Å². The topological polar surface area (TPSA) is 51.2 Å². The number of nitrogens with zero attached hydrogens (tertiary/aromatic N) is 1. The number of aromatic nitrogens is 1. The lowest BCUT2D eigenvalue weighted by Crippen LogP contribution is -2.22. The van der Waals surface area contributed by atoms with Crippen LogP contribution in [0.1, 0.15) is 12.0 Å². The first-order chi connectivity index (χ1) is 10.9. The molecule has 1 aromatic carbocycles. The molecule has 4 nitrogen and oxygen atoms in total. The largest absolute Gasteiger partial charge is 0.416 e. The Morgan fingerprint density at radius 2 is 2.22 bits per heavy atom. The van der Waals surface area contributed by atoms with Crippen molar-refractivity contribution in [2.75, 3.05) is 18.5 Å². The third-order valence-corrected chi connectivity index (χ3v) is 4.22. The summed E-state index contributed by atoms with van der Waals surface area (Å²) in [6.07, 6.45) is -3.78. The van der Waals surface area contributed by atoms with Crippen LogP contribution >= 0.6 is 11.5 Å². The molecule has 1 saturated heterocycles. The Kier molecular flexibility index (Phi) is 4.36. The first kappa shape index (κ1) is 15.9. The lowest BCUT2D eigenvalue weighted by molar-refractivity contribution is -0.137. The molecule has 1 aliphatic heterocycles. The van der Waals surface area contributed by atoms with Gasteiger partial charge in [-0.2, -0.15) is 17.5 Å². The molecule has 0 aliphatic carbocycles. The average molecular weight is 342 g/mol. The van der Waals surface area contributed by atoms with Crippen LogP contribution in [0.15, 0.2) is 29.6 Å². The number of hydrogen-bond donors (Lipinski definition) is 1. The second-order valence-corrected chi connectivity index (χ2v) is 5.83. The zero-order valence-corrected chi connectivity index (χ0v) is 12.7. The summed E-state index contributed by atoms with van der Waals surface area (Å²) in [4.78, 5) is 12.1. The van der Waals surface area contributed by atoms with E-state index in [-0.39, 0.29) is 11.8 Å². The van der Waals surface area contributed by atoms with E-state index in [2.05, 4.69) is 9.69 Å². The van der Waals surface area contributed by atoms with Crippen LogP contribution in [0.5, 0.6) is 0 Å². The number of hydrogen-bond acceptors (Lipinski definition) is 4. The van der Waals surface area contributed by atoms with E-state index < -0.39 is 11.7 Å². The molecule has 3 rings (SSSR count). The number of rotatable bonds is 3. The van der Waals surface area contributed by atoms with Crippen molar-refractivity contribution >= 4 is 23.1 Å². The zero-order valence-electron chi connectivity index (χ0n) is 11.9. The molecule has 2 heterocycles. The minimum absolute atomic E-state index is 0.198. The number of halogens is 3. The molecule has 1 atom stereocenters. The average Bonchev–Trinajstić information content (AvgIpc) is 3.18. The second-order valence-electron chi connectivity index (χ2n) is 5.21. The number of alkyl halides is 3. The van der Waals surface area contributed by atoms with Gasteiger partial charge in [-0.15, -0.1) is 0 Å². The maximum absolute atomic E-state index is 12.8. The van der Waals surface area contributed by atoms with Gasteiger partial charge in [-0.1, -0.05) is 12.1 Å². The van der Waals surface area contributed by atoms with E-state index in [4.69, 9.17) is 4.74 Å². The summed E-state index contributed by atoms with van der Waals surface area (Å²) >= 11 is 1.08. The number of anilines is 1. The van der Waals surface area contributed by atoms with Crippen LogP contribution in [-0.4, -0.2) is 23.5 Å². The fourth-order valence-corrected chi connectivity index (χ4v) is 2.99. The lowest BCUT2D eigenvalue weighted by atomic mass is 10.1. The van der Waals surface area contributed by atoms with Crippen molar-refractivity contribution in [3.63, 3.8) is 0 Å². The first-order valence-electron chi connectivity index (χ1n) is 6.96. The molecule has 0 spiro atoms. The molecular formula is C15H13F3N2O2S. The minimum atomic E-state index is -4.42. The maximum atomic E-state index is 12.8. The number of amides is 1. The van der Waals surface area contributed by atoms with E-state index in [1.54, 1.807) is 11.4 Å². The Hall–Kier alpha value is -1.93. The van der Waals surface area contributed by atoms with Gasteiger partial charge < -0.3 is 10.1 Å². The molecule has 0 unspecified atom stereocenters. The highest BCUT2D eigenvalue weighted by atomic mass is 32.1. The molecule has 1 N–H and O–H groups in total. The van der Waals surface area contributed by atoms with E-state index >= 15 is 0 Å². The number of carbonyl (C=O) groups excluding carboxylic acids is 1. The predicted octanol–water partition coefficient (Wildman–Crippen LogP) is 3.80. The molecule has 23 heavy (non-hydrogen) atoms. The van der Waals surface area contributed by atoms with Gasteiger partial charge in [-0.25, -0.2) is 0 Å². The monoisotopic (exact) mass is 342 g/mol. The third-order valence-electron chi connectivity index (χ3n) is 3.59. The molecule has 1 aliphatic rings. The van der Waals surface area contributed by atoms with Crippen LogP contribution in [-0.2, 0) is 15.7 Å². The van der Waals surface area contributed by atoms with Gasteiger partial charge in [-0.05, 0) is 30.1 Å². The molecule has 0 saturated carbocycles. The normalized spacial score (nSPS) is 18.1. The van der Waals surface area contributed by atoms with Crippen molar-refractivity contribution in [2.24, 2.45) is 5.92 Å².